The molecule has 26 heavy (non-hydrogen) atoms. The summed E-state index contributed by atoms with van der Waals surface area (Å²) >= 11 is 1.70. The zero-order valence-electron chi connectivity index (χ0n) is 15.3. The summed E-state index contributed by atoms with van der Waals surface area (Å²) < 4.78 is 0. The zero-order valence-corrected chi connectivity index (χ0v) is 16.1. The predicted octanol–water partition coefficient (Wildman–Crippen LogP) is 3.66. The molecule has 0 aromatic carbocycles. The molecule has 4 rings (SSSR count). The molecule has 0 radical (unpaired) electrons. The fourth-order valence-corrected chi connectivity index (χ4v) is 4.02. The van der Waals surface area contributed by atoms with Gasteiger partial charge in [-0.2, -0.15) is 5.10 Å². The quantitative estimate of drug-likeness (QED) is 0.714. The Bertz CT molecular complexity index is 901. The van der Waals surface area contributed by atoms with E-state index in [1.165, 1.54) is 0 Å². The normalized spacial score (nSPS) is 17.7. The SMILES string of the molecule is Cc1cc(Nc2cc(C)[nH]n2)nc(C2CCCN2Cc2csc(C)n2)n1. The summed E-state index contributed by atoms with van der Waals surface area (Å²) in [4.78, 5) is 16.5. The predicted molar refractivity (Wildman–Crippen MR) is 103 cm³/mol. The number of aromatic amines is 1. The van der Waals surface area contributed by atoms with Crippen LogP contribution in [0.4, 0.5) is 11.6 Å². The summed E-state index contributed by atoms with van der Waals surface area (Å²) in [5.74, 6) is 2.44. The van der Waals surface area contributed by atoms with Gasteiger partial charge in [-0.3, -0.25) is 10.00 Å². The fraction of sp³-hybridized carbons (Fsp3) is 0.444. The van der Waals surface area contributed by atoms with E-state index in [1.54, 1.807) is 11.3 Å². The highest BCUT2D eigenvalue weighted by Crippen LogP contribution is 2.32. The summed E-state index contributed by atoms with van der Waals surface area (Å²) in [5, 5.41) is 13.7. The van der Waals surface area contributed by atoms with E-state index in [0.717, 1.165) is 65.5 Å². The molecule has 1 atom stereocenters. The lowest BCUT2D eigenvalue weighted by Gasteiger charge is -2.23. The Labute approximate surface area is 156 Å². The highest BCUT2D eigenvalue weighted by atomic mass is 32.1. The number of anilines is 2. The van der Waals surface area contributed by atoms with Crippen LogP contribution in [0.25, 0.3) is 0 Å². The van der Waals surface area contributed by atoms with Gasteiger partial charge in [-0.25, -0.2) is 15.0 Å². The van der Waals surface area contributed by atoms with Crippen molar-refractivity contribution in [2.24, 2.45) is 0 Å². The van der Waals surface area contributed by atoms with Gasteiger partial charge in [0, 0.05) is 35.4 Å². The van der Waals surface area contributed by atoms with Gasteiger partial charge in [0.2, 0.25) is 0 Å². The maximum atomic E-state index is 4.78. The molecule has 1 unspecified atom stereocenters. The van der Waals surface area contributed by atoms with Crippen molar-refractivity contribution in [1.82, 2.24) is 30.0 Å². The second kappa shape index (κ2) is 7.13. The molecule has 1 fully saturated rings. The molecule has 2 N–H and O–H groups in total. The van der Waals surface area contributed by atoms with Crippen LogP contribution < -0.4 is 5.32 Å². The van der Waals surface area contributed by atoms with Gasteiger partial charge in [-0.05, 0) is 40.2 Å². The highest BCUT2D eigenvalue weighted by molar-refractivity contribution is 7.09. The molecule has 1 aliphatic rings. The van der Waals surface area contributed by atoms with Gasteiger partial charge in [0.1, 0.15) is 11.6 Å². The molecule has 0 spiro atoms. The zero-order chi connectivity index (χ0) is 18.1. The molecule has 136 valence electrons. The van der Waals surface area contributed by atoms with Gasteiger partial charge < -0.3 is 5.32 Å². The van der Waals surface area contributed by atoms with Crippen molar-refractivity contribution in [2.75, 3.05) is 11.9 Å². The van der Waals surface area contributed by atoms with Crippen LogP contribution >= 0.6 is 11.3 Å². The summed E-state index contributed by atoms with van der Waals surface area (Å²) in [5.41, 5.74) is 3.11. The Hall–Kier alpha value is -2.32. The number of hydrogen-bond acceptors (Lipinski definition) is 7. The van der Waals surface area contributed by atoms with Gasteiger partial charge >= 0.3 is 0 Å². The first-order chi connectivity index (χ1) is 12.6. The van der Waals surface area contributed by atoms with Gasteiger partial charge in [0.15, 0.2) is 5.82 Å². The molecule has 0 bridgehead atoms. The van der Waals surface area contributed by atoms with E-state index in [-0.39, 0.29) is 6.04 Å². The average Bonchev–Trinajstić information content (AvgIpc) is 3.30. The first-order valence-electron chi connectivity index (χ1n) is 8.86. The van der Waals surface area contributed by atoms with Crippen molar-refractivity contribution >= 4 is 23.0 Å². The minimum Gasteiger partial charge on any atom is -0.323 e. The average molecular weight is 369 g/mol. The van der Waals surface area contributed by atoms with Crippen molar-refractivity contribution < 1.29 is 0 Å². The number of aryl methyl sites for hydroxylation is 3. The summed E-state index contributed by atoms with van der Waals surface area (Å²) in [6, 6.07) is 4.15. The van der Waals surface area contributed by atoms with Crippen LogP contribution in [0.15, 0.2) is 17.5 Å². The van der Waals surface area contributed by atoms with Crippen LogP contribution in [0.2, 0.25) is 0 Å². The maximum absolute atomic E-state index is 4.78. The van der Waals surface area contributed by atoms with Gasteiger partial charge in [0.05, 0.1) is 16.7 Å². The van der Waals surface area contributed by atoms with E-state index in [1.807, 2.05) is 32.9 Å². The number of aromatic nitrogens is 5. The Morgan fingerprint density at radius 2 is 2.08 bits per heavy atom. The molecule has 0 aliphatic carbocycles. The third kappa shape index (κ3) is 3.76. The molecule has 1 saturated heterocycles. The minimum atomic E-state index is 0.235. The topological polar surface area (TPSA) is 82.6 Å². The van der Waals surface area contributed by atoms with Gasteiger partial charge in [-0.1, -0.05) is 0 Å². The molecule has 4 heterocycles. The number of H-pyrrole nitrogens is 1. The number of nitrogens with zero attached hydrogens (tertiary/aromatic N) is 5. The van der Waals surface area contributed by atoms with Crippen molar-refractivity contribution in [2.45, 2.75) is 46.2 Å². The smallest absolute Gasteiger partial charge is 0.153 e. The molecular weight excluding hydrogens is 346 g/mol. The number of hydrogen-bond donors (Lipinski definition) is 2. The van der Waals surface area contributed by atoms with Crippen LogP contribution in [-0.4, -0.2) is 36.6 Å². The van der Waals surface area contributed by atoms with E-state index in [0.29, 0.717) is 0 Å². The largest absolute Gasteiger partial charge is 0.323 e. The lowest BCUT2D eigenvalue weighted by atomic mass is 10.2. The summed E-state index contributed by atoms with van der Waals surface area (Å²) in [7, 11) is 0. The van der Waals surface area contributed by atoms with Crippen molar-refractivity contribution in [3.8, 4) is 0 Å². The van der Waals surface area contributed by atoms with E-state index in [4.69, 9.17) is 9.97 Å². The van der Waals surface area contributed by atoms with E-state index < -0.39 is 0 Å². The first kappa shape index (κ1) is 17.1. The van der Waals surface area contributed by atoms with Crippen LogP contribution in [0.5, 0.6) is 0 Å². The first-order valence-corrected chi connectivity index (χ1v) is 9.74. The molecule has 8 heteroatoms. The Balaban J connectivity index is 1.55. The third-order valence-electron chi connectivity index (χ3n) is 4.53. The standard InChI is InChI=1S/C18H23N7S/c1-11-7-16(21-17-8-12(2)23-24-17)22-18(19-11)15-5-4-6-25(15)9-14-10-26-13(3)20-14/h7-8,10,15H,4-6,9H2,1-3H3,(H2,19,21,22,23,24). The highest BCUT2D eigenvalue weighted by Gasteiger charge is 2.29. The monoisotopic (exact) mass is 369 g/mol. The molecule has 0 saturated carbocycles. The Morgan fingerprint density at radius 1 is 1.19 bits per heavy atom. The van der Waals surface area contributed by atoms with Crippen LogP contribution in [0.3, 0.4) is 0 Å². The number of rotatable bonds is 5. The van der Waals surface area contributed by atoms with Crippen LogP contribution in [-0.2, 0) is 6.54 Å². The third-order valence-corrected chi connectivity index (χ3v) is 5.35. The molecular formula is C18H23N7S. The van der Waals surface area contributed by atoms with Gasteiger partial charge in [0.25, 0.3) is 0 Å². The van der Waals surface area contributed by atoms with E-state index in [9.17, 15) is 0 Å². The summed E-state index contributed by atoms with van der Waals surface area (Å²) in [6.45, 7) is 7.95. The van der Waals surface area contributed by atoms with E-state index in [2.05, 4.69) is 30.8 Å². The lowest BCUT2D eigenvalue weighted by Crippen LogP contribution is -2.24. The molecule has 3 aromatic heterocycles. The van der Waals surface area contributed by atoms with Crippen molar-refractivity contribution in [3.05, 3.63) is 45.4 Å². The van der Waals surface area contributed by atoms with E-state index >= 15 is 0 Å². The Kier molecular flexibility index (Phi) is 4.69. The number of nitrogens with one attached hydrogen (secondary N) is 2. The molecule has 1 aliphatic heterocycles. The number of likely N-dealkylation sites (tertiary alicyclic amines) is 1. The summed E-state index contributed by atoms with van der Waals surface area (Å²) in [6.07, 6.45) is 2.24. The maximum Gasteiger partial charge on any atom is 0.153 e. The second-order valence-corrected chi connectivity index (χ2v) is 7.86. The molecule has 0 amide bonds. The van der Waals surface area contributed by atoms with Crippen LogP contribution in [0, 0.1) is 20.8 Å². The number of thiazole rings is 1. The van der Waals surface area contributed by atoms with Gasteiger partial charge in [-0.15, -0.1) is 11.3 Å². The fourth-order valence-electron chi connectivity index (χ4n) is 3.41. The minimum absolute atomic E-state index is 0.235. The molecule has 3 aromatic rings. The Morgan fingerprint density at radius 3 is 2.81 bits per heavy atom. The lowest BCUT2D eigenvalue weighted by molar-refractivity contribution is 0.237. The second-order valence-electron chi connectivity index (χ2n) is 6.80. The molecule has 7 nitrogen and oxygen atoms in total. The van der Waals surface area contributed by atoms with Crippen molar-refractivity contribution in [1.29, 1.82) is 0 Å². The van der Waals surface area contributed by atoms with Crippen molar-refractivity contribution in [3.63, 3.8) is 0 Å². The van der Waals surface area contributed by atoms with Crippen LogP contribution in [0.1, 0.15) is 46.8 Å².